The van der Waals surface area contributed by atoms with Crippen LogP contribution in [-0.4, -0.2) is 20.7 Å². The highest BCUT2D eigenvalue weighted by Gasteiger charge is 2.24. The van der Waals surface area contributed by atoms with E-state index in [2.05, 4.69) is 0 Å². The summed E-state index contributed by atoms with van der Waals surface area (Å²) < 4.78 is 1.67. The number of thiophene rings is 1. The lowest BCUT2D eigenvalue weighted by Crippen LogP contribution is -2.26. The second-order valence-corrected chi connectivity index (χ2v) is 9.62. The van der Waals surface area contributed by atoms with Gasteiger partial charge in [0.25, 0.3) is 5.56 Å². The lowest BCUT2D eigenvalue weighted by Gasteiger charge is -2.16. The molecule has 0 fully saturated rings. The van der Waals surface area contributed by atoms with Crippen molar-refractivity contribution in [3.63, 3.8) is 0 Å². The van der Waals surface area contributed by atoms with Crippen molar-refractivity contribution in [3.05, 3.63) is 50.6 Å². The molecule has 0 unspecified atom stereocenters. The molecular formula is C21H23N3O2S2. The Balaban J connectivity index is 2.01. The maximum Gasteiger partial charge on any atom is 0.267 e. The topological polar surface area (TPSA) is 78.0 Å². The number of fused-ring (bicyclic) bond motifs is 3. The summed E-state index contributed by atoms with van der Waals surface area (Å²) in [6, 6.07) is 7.77. The maximum atomic E-state index is 13.7. The first-order chi connectivity index (χ1) is 13.5. The smallest absolute Gasteiger partial charge is 0.267 e. The summed E-state index contributed by atoms with van der Waals surface area (Å²) in [7, 11) is 0. The Hall–Kier alpha value is -2.12. The SMILES string of the molecule is Cc1ccccc1-n1c(S[C@H](C)C(N)=O)nc2sc3c(c2c1=O)CCCCC3. The van der Waals surface area contributed by atoms with Crippen LogP contribution >= 0.6 is 23.1 Å². The van der Waals surface area contributed by atoms with Crippen molar-refractivity contribution < 1.29 is 4.79 Å². The van der Waals surface area contributed by atoms with Crippen LogP contribution in [0.3, 0.4) is 0 Å². The number of amides is 1. The van der Waals surface area contributed by atoms with E-state index in [1.807, 2.05) is 31.2 Å². The largest absolute Gasteiger partial charge is 0.369 e. The number of nitrogens with zero attached hydrogens (tertiary/aromatic N) is 2. The Kier molecular flexibility index (Phi) is 5.29. The standard InChI is InChI=1S/C21H23N3O2S2/c1-12-8-6-7-10-15(12)24-20(26)17-14-9-4-3-5-11-16(14)28-19(17)23-21(24)27-13(2)18(22)25/h6-8,10,13H,3-5,9,11H2,1-2H3,(H2,22,25)/t13-/m1/s1. The minimum Gasteiger partial charge on any atom is -0.369 e. The minimum absolute atomic E-state index is 0.0436. The van der Waals surface area contributed by atoms with Crippen molar-refractivity contribution in [2.45, 2.75) is 56.4 Å². The second-order valence-electron chi connectivity index (χ2n) is 7.23. The van der Waals surface area contributed by atoms with Crippen LogP contribution in [0, 0.1) is 6.92 Å². The summed E-state index contributed by atoms with van der Waals surface area (Å²) in [5, 5.41) is 0.799. The number of aryl methyl sites for hydroxylation is 3. The highest BCUT2D eigenvalue weighted by Crippen LogP contribution is 2.35. The molecule has 2 N–H and O–H groups in total. The molecular weight excluding hydrogens is 390 g/mol. The third kappa shape index (κ3) is 3.37. The molecule has 2 aromatic heterocycles. The van der Waals surface area contributed by atoms with E-state index in [9.17, 15) is 9.59 Å². The average molecular weight is 414 g/mol. The van der Waals surface area contributed by atoms with Gasteiger partial charge in [0.2, 0.25) is 5.91 Å². The molecule has 1 aromatic carbocycles. The Labute approximate surface area is 172 Å². The molecule has 1 atom stereocenters. The zero-order valence-corrected chi connectivity index (χ0v) is 17.7. The van der Waals surface area contributed by atoms with Gasteiger partial charge in [0.1, 0.15) is 4.83 Å². The molecule has 1 aliphatic carbocycles. The number of rotatable bonds is 4. The van der Waals surface area contributed by atoms with Crippen molar-refractivity contribution in [2.24, 2.45) is 5.73 Å². The Morgan fingerprint density at radius 3 is 2.75 bits per heavy atom. The van der Waals surface area contributed by atoms with Crippen molar-refractivity contribution >= 4 is 39.2 Å². The first-order valence-corrected chi connectivity index (χ1v) is 11.3. The third-order valence-corrected chi connectivity index (χ3v) is 7.50. The number of hydrogen-bond acceptors (Lipinski definition) is 5. The normalized spacial score (nSPS) is 15.2. The van der Waals surface area contributed by atoms with Crippen LogP contribution in [0.25, 0.3) is 15.9 Å². The lowest BCUT2D eigenvalue weighted by molar-refractivity contribution is -0.117. The molecule has 1 amide bonds. The van der Waals surface area contributed by atoms with Crippen LogP contribution in [0.5, 0.6) is 0 Å². The molecule has 0 spiro atoms. The Bertz CT molecular complexity index is 1120. The van der Waals surface area contributed by atoms with Crippen LogP contribution < -0.4 is 11.3 Å². The fraction of sp³-hybridized carbons (Fsp3) is 0.381. The number of carbonyl (C=O) groups excluding carboxylic acids is 1. The third-order valence-electron chi connectivity index (χ3n) is 5.25. The number of primary amides is 1. The first-order valence-electron chi connectivity index (χ1n) is 9.56. The lowest BCUT2D eigenvalue weighted by atomic mass is 10.1. The van der Waals surface area contributed by atoms with Crippen LogP contribution in [0.15, 0.2) is 34.2 Å². The molecule has 0 radical (unpaired) electrons. The summed E-state index contributed by atoms with van der Waals surface area (Å²) in [5.74, 6) is -0.419. The van der Waals surface area contributed by atoms with E-state index in [1.165, 1.54) is 28.6 Å². The van der Waals surface area contributed by atoms with Crippen molar-refractivity contribution in [1.29, 1.82) is 0 Å². The Morgan fingerprint density at radius 1 is 1.25 bits per heavy atom. The molecule has 0 bridgehead atoms. The van der Waals surface area contributed by atoms with E-state index >= 15 is 0 Å². The van der Waals surface area contributed by atoms with Gasteiger partial charge in [-0.25, -0.2) is 4.98 Å². The summed E-state index contributed by atoms with van der Waals surface area (Å²) in [6.07, 6.45) is 5.42. The number of nitrogens with two attached hydrogens (primary N) is 1. The monoisotopic (exact) mass is 413 g/mol. The molecule has 146 valence electrons. The molecule has 0 saturated carbocycles. The quantitative estimate of drug-likeness (QED) is 0.398. The number of aromatic nitrogens is 2. The van der Waals surface area contributed by atoms with Gasteiger partial charge in [-0.05, 0) is 56.7 Å². The number of para-hydroxylation sites is 1. The number of carbonyl (C=O) groups is 1. The molecule has 7 heteroatoms. The summed E-state index contributed by atoms with van der Waals surface area (Å²) in [4.78, 5) is 32.3. The fourth-order valence-electron chi connectivity index (χ4n) is 3.69. The predicted molar refractivity (Wildman–Crippen MR) is 116 cm³/mol. The molecule has 3 aromatic rings. The second kappa shape index (κ2) is 7.72. The van der Waals surface area contributed by atoms with E-state index in [0.29, 0.717) is 5.16 Å². The van der Waals surface area contributed by atoms with Crippen LogP contribution in [0.1, 0.15) is 42.2 Å². The van der Waals surface area contributed by atoms with Gasteiger partial charge in [-0.1, -0.05) is 36.4 Å². The maximum absolute atomic E-state index is 13.7. The van der Waals surface area contributed by atoms with E-state index in [1.54, 1.807) is 22.8 Å². The van der Waals surface area contributed by atoms with Gasteiger partial charge in [0.15, 0.2) is 5.16 Å². The number of thioether (sulfide) groups is 1. The van der Waals surface area contributed by atoms with Crippen LogP contribution in [0.4, 0.5) is 0 Å². The Morgan fingerprint density at radius 2 is 2.00 bits per heavy atom. The van der Waals surface area contributed by atoms with Crippen molar-refractivity contribution in [3.8, 4) is 5.69 Å². The molecule has 5 nitrogen and oxygen atoms in total. The van der Waals surface area contributed by atoms with Gasteiger partial charge in [-0.3, -0.25) is 14.2 Å². The molecule has 1 aliphatic rings. The predicted octanol–water partition coefficient (Wildman–Crippen LogP) is 3.99. The number of benzene rings is 1. The molecule has 2 heterocycles. The first kappa shape index (κ1) is 19.2. The molecule has 28 heavy (non-hydrogen) atoms. The minimum atomic E-state index is -0.475. The average Bonchev–Trinajstić information content (AvgIpc) is 2.84. The number of hydrogen-bond donors (Lipinski definition) is 1. The van der Waals surface area contributed by atoms with Crippen molar-refractivity contribution in [1.82, 2.24) is 9.55 Å². The van der Waals surface area contributed by atoms with Gasteiger partial charge >= 0.3 is 0 Å². The van der Waals surface area contributed by atoms with Crippen LogP contribution in [-0.2, 0) is 17.6 Å². The van der Waals surface area contributed by atoms with E-state index in [0.717, 1.165) is 47.2 Å². The zero-order chi connectivity index (χ0) is 19.8. The van der Waals surface area contributed by atoms with Gasteiger partial charge in [-0.15, -0.1) is 11.3 Å². The van der Waals surface area contributed by atoms with E-state index in [4.69, 9.17) is 10.7 Å². The fourth-order valence-corrected chi connectivity index (χ4v) is 5.86. The highest BCUT2D eigenvalue weighted by molar-refractivity contribution is 8.00. The van der Waals surface area contributed by atoms with Gasteiger partial charge in [-0.2, -0.15) is 0 Å². The summed E-state index contributed by atoms with van der Waals surface area (Å²) in [5.41, 5.74) is 8.40. The molecule has 0 saturated heterocycles. The summed E-state index contributed by atoms with van der Waals surface area (Å²) in [6.45, 7) is 3.72. The zero-order valence-electron chi connectivity index (χ0n) is 16.0. The van der Waals surface area contributed by atoms with Gasteiger partial charge in [0, 0.05) is 4.88 Å². The van der Waals surface area contributed by atoms with Gasteiger partial charge < -0.3 is 5.73 Å². The highest BCUT2D eigenvalue weighted by atomic mass is 32.2. The molecule has 0 aliphatic heterocycles. The van der Waals surface area contributed by atoms with Gasteiger partial charge in [0.05, 0.1) is 16.3 Å². The van der Waals surface area contributed by atoms with Crippen LogP contribution in [0.2, 0.25) is 0 Å². The van der Waals surface area contributed by atoms with E-state index < -0.39 is 11.2 Å². The van der Waals surface area contributed by atoms with E-state index in [-0.39, 0.29) is 5.56 Å². The summed E-state index contributed by atoms with van der Waals surface area (Å²) >= 11 is 2.88. The molecule has 4 rings (SSSR count). The van der Waals surface area contributed by atoms with Crippen molar-refractivity contribution in [2.75, 3.05) is 0 Å².